The summed E-state index contributed by atoms with van der Waals surface area (Å²) in [5.41, 5.74) is 0.530. The Morgan fingerprint density at radius 3 is 2.11 bits per heavy atom. The van der Waals surface area contributed by atoms with Crippen LogP contribution >= 0.6 is 0 Å². The van der Waals surface area contributed by atoms with Gasteiger partial charge in [0.1, 0.15) is 0 Å². The first-order valence-corrected chi connectivity index (χ1v) is 8.40. The van der Waals surface area contributed by atoms with Crippen LogP contribution in [0.5, 0.6) is 0 Å². The third kappa shape index (κ3) is 7.97. The van der Waals surface area contributed by atoms with Gasteiger partial charge >= 0.3 is 0 Å². The van der Waals surface area contributed by atoms with Crippen LogP contribution in [0.4, 0.5) is 0 Å². The van der Waals surface area contributed by atoms with Crippen molar-refractivity contribution in [3.8, 4) is 0 Å². The predicted molar refractivity (Wildman–Crippen MR) is 74.9 cm³/mol. The highest BCUT2D eigenvalue weighted by Crippen LogP contribution is 2.02. The first-order valence-electron chi connectivity index (χ1n) is 6.82. The molecule has 5 heteroatoms. The van der Waals surface area contributed by atoms with Gasteiger partial charge in [0.2, 0.25) is 0 Å². The molecule has 0 unspecified atom stereocenters. The van der Waals surface area contributed by atoms with Crippen LogP contribution in [0.15, 0.2) is 30.3 Å². The number of hydrogen-bond acceptors (Lipinski definition) is 3. The molecule has 1 fully saturated rings. The van der Waals surface area contributed by atoms with Crippen LogP contribution in [0.1, 0.15) is 31.7 Å². The van der Waals surface area contributed by atoms with Crippen LogP contribution in [-0.4, -0.2) is 32.6 Å². The lowest BCUT2D eigenvalue weighted by atomic mass is 10.1. The van der Waals surface area contributed by atoms with Crippen LogP contribution in [0.25, 0.3) is 0 Å². The lowest BCUT2D eigenvalue weighted by molar-refractivity contribution is -0.903. The summed E-state index contributed by atoms with van der Waals surface area (Å²) < 4.78 is 30.7. The number of likely N-dealkylation sites (tertiary alicyclic amines) is 1. The van der Waals surface area contributed by atoms with Crippen LogP contribution in [0, 0.1) is 0 Å². The van der Waals surface area contributed by atoms with Crippen molar-refractivity contribution in [2.24, 2.45) is 0 Å². The highest BCUT2D eigenvalue weighted by molar-refractivity contribution is 7.84. The number of benzene rings is 1. The van der Waals surface area contributed by atoms with E-state index in [0.29, 0.717) is 5.56 Å². The van der Waals surface area contributed by atoms with E-state index in [1.165, 1.54) is 38.9 Å². The highest BCUT2D eigenvalue weighted by Gasteiger charge is 2.09. The minimum atomic E-state index is -4.13. The van der Waals surface area contributed by atoms with Crippen molar-refractivity contribution >= 4 is 10.1 Å². The SMILES string of the molecule is CC[NH+]1CCCCC1.O=S(=O)([O-])Cc1ccccc1. The maximum Gasteiger partial charge on any atom is 0.0988 e. The Labute approximate surface area is 116 Å². The maximum atomic E-state index is 10.2. The second kappa shape index (κ2) is 8.30. The fourth-order valence-electron chi connectivity index (χ4n) is 2.18. The van der Waals surface area contributed by atoms with Gasteiger partial charge in [-0.15, -0.1) is 0 Å². The standard InChI is InChI=1S/C7H15N.C7H8O3S/c1-2-8-6-4-3-5-7-8;8-11(9,10)6-7-4-2-1-3-5-7/h2-7H2,1H3;1-5H,6H2,(H,8,9,10). The largest absolute Gasteiger partial charge is 0.748 e. The minimum Gasteiger partial charge on any atom is -0.748 e. The quantitative estimate of drug-likeness (QED) is 0.836. The molecule has 1 aromatic carbocycles. The van der Waals surface area contributed by atoms with Crippen molar-refractivity contribution in [1.82, 2.24) is 0 Å². The molecular formula is C14H23NO3S. The lowest BCUT2D eigenvalue weighted by Crippen LogP contribution is -3.12. The first kappa shape index (κ1) is 16.1. The molecule has 19 heavy (non-hydrogen) atoms. The molecule has 1 aromatic rings. The Morgan fingerprint density at radius 2 is 1.68 bits per heavy atom. The molecule has 1 aliphatic rings. The van der Waals surface area contributed by atoms with Gasteiger partial charge in [-0.25, -0.2) is 8.42 Å². The van der Waals surface area contributed by atoms with Crippen molar-refractivity contribution in [3.63, 3.8) is 0 Å². The summed E-state index contributed by atoms with van der Waals surface area (Å²) in [5, 5.41) is 0. The molecule has 108 valence electrons. The molecule has 0 amide bonds. The van der Waals surface area contributed by atoms with Gasteiger partial charge in [-0.3, -0.25) is 0 Å². The van der Waals surface area contributed by atoms with E-state index in [0.717, 1.165) is 0 Å². The van der Waals surface area contributed by atoms with Crippen molar-refractivity contribution < 1.29 is 17.9 Å². The van der Waals surface area contributed by atoms with E-state index in [-0.39, 0.29) is 0 Å². The number of rotatable bonds is 3. The first-order chi connectivity index (χ1) is 9.01. The summed E-state index contributed by atoms with van der Waals surface area (Å²) in [5.74, 6) is -0.423. The number of piperidine rings is 1. The van der Waals surface area contributed by atoms with Gasteiger partial charge in [-0.1, -0.05) is 30.3 Å². The Bertz CT molecular complexity index is 439. The van der Waals surface area contributed by atoms with Crippen LogP contribution in [0.2, 0.25) is 0 Å². The molecule has 1 heterocycles. The van der Waals surface area contributed by atoms with E-state index in [2.05, 4.69) is 6.92 Å². The smallest absolute Gasteiger partial charge is 0.0988 e. The molecule has 2 rings (SSSR count). The van der Waals surface area contributed by atoms with Crippen LogP contribution in [0.3, 0.4) is 0 Å². The summed E-state index contributed by atoms with van der Waals surface area (Å²) in [4.78, 5) is 1.80. The molecule has 1 N–H and O–H groups in total. The van der Waals surface area contributed by atoms with Gasteiger partial charge < -0.3 is 9.45 Å². The Hall–Kier alpha value is -0.910. The van der Waals surface area contributed by atoms with Gasteiger partial charge in [0.25, 0.3) is 0 Å². The van der Waals surface area contributed by atoms with Crippen LogP contribution in [-0.2, 0) is 15.9 Å². The molecule has 1 saturated heterocycles. The zero-order valence-corrected chi connectivity index (χ0v) is 12.3. The number of hydrogen-bond donors (Lipinski definition) is 1. The zero-order chi connectivity index (χ0) is 14.1. The summed E-state index contributed by atoms with van der Waals surface area (Å²) in [6.07, 6.45) is 4.40. The fourth-order valence-corrected chi connectivity index (χ4v) is 2.78. The average molecular weight is 285 g/mol. The third-order valence-corrected chi connectivity index (χ3v) is 3.93. The monoisotopic (exact) mass is 285 g/mol. The van der Waals surface area contributed by atoms with Crippen molar-refractivity contribution in [3.05, 3.63) is 35.9 Å². The average Bonchev–Trinajstić information content (AvgIpc) is 2.40. The summed E-state index contributed by atoms with van der Waals surface area (Å²) in [6, 6.07) is 8.37. The molecule has 0 atom stereocenters. The van der Waals surface area contributed by atoms with E-state index in [1.54, 1.807) is 35.2 Å². The third-order valence-electron chi connectivity index (χ3n) is 3.25. The Morgan fingerprint density at radius 1 is 1.11 bits per heavy atom. The summed E-state index contributed by atoms with van der Waals surface area (Å²) in [7, 11) is -4.13. The number of quaternary nitrogens is 1. The van der Waals surface area contributed by atoms with E-state index in [1.807, 2.05) is 0 Å². The summed E-state index contributed by atoms with van der Waals surface area (Å²) >= 11 is 0. The lowest BCUT2D eigenvalue weighted by Gasteiger charge is -2.21. The van der Waals surface area contributed by atoms with E-state index >= 15 is 0 Å². The zero-order valence-electron chi connectivity index (χ0n) is 11.5. The van der Waals surface area contributed by atoms with Crippen molar-refractivity contribution in [2.75, 3.05) is 19.6 Å². The topological polar surface area (TPSA) is 61.6 Å². The predicted octanol–water partition coefficient (Wildman–Crippen LogP) is 0.807. The molecule has 0 saturated carbocycles. The number of nitrogens with one attached hydrogen (secondary N) is 1. The van der Waals surface area contributed by atoms with E-state index in [9.17, 15) is 13.0 Å². The molecule has 0 aromatic heterocycles. The molecule has 0 bridgehead atoms. The second-order valence-corrected chi connectivity index (χ2v) is 6.26. The van der Waals surface area contributed by atoms with Gasteiger partial charge in [0.15, 0.2) is 0 Å². The maximum absolute atomic E-state index is 10.2. The fraction of sp³-hybridized carbons (Fsp3) is 0.571. The van der Waals surface area contributed by atoms with E-state index < -0.39 is 15.9 Å². The molecule has 1 aliphatic heterocycles. The Kier molecular flexibility index (Phi) is 7.05. The molecular weight excluding hydrogens is 262 g/mol. The van der Waals surface area contributed by atoms with E-state index in [4.69, 9.17) is 0 Å². The van der Waals surface area contributed by atoms with Gasteiger partial charge in [-0.05, 0) is 31.7 Å². The van der Waals surface area contributed by atoms with Gasteiger partial charge in [0.05, 0.1) is 35.5 Å². The summed E-state index contributed by atoms with van der Waals surface area (Å²) in [6.45, 7) is 6.47. The second-order valence-electron chi connectivity index (χ2n) is 4.85. The normalized spacial score (nSPS) is 16.5. The van der Waals surface area contributed by atoms with Gasteiger partial charge in [0, 0.05) is 0 Å². The molecule has 0 spiro atoms. The van der Waals surface area contributed by atoms with Gasteiger partial charge in [-0.2, -0.15) is 0 Å². The highest BCUT2D eigenvalue weighted by atomic mass is 32.2. The molecule has 0 aliphatic carbocycles. The molecule has 0 radical (unpaired) electrons. The minimum absolute atomic E-state index is 0.423. The van der Waals surface area contributed by atoms with Crippen molar-refractivity contribution in [1.29, 1.82) is 0 Å². The Balaban J connectivity index is 0.000000200. The van der Waals surface area contributed by atoms with Crippen LogP contribution < -0.4 is 4.90 Å². The molecule has 4 nitrogen and oxygen atoms in total. The van der Waals surface area contributed by atoms with Crippen molar-refractivity contribution in [2.45, 2.75) is 31.9 Å².